The van der Waals surface area contributed by atoms with E-state index in [2.05, 4.69) is 10.3 Å². The van der Waals surface area contributed by atoms with E-state index in [0.717, 1.165) is 31.3 Å². The average Bonchev–Trinajstić information content (AvgIpc) is 3.05. The second kappa shape index (κ2) is 6.76. The molecule has 2 atom stereocenters. The van der Waals surface area contributed by atoms with Crippen LogP contribution in [0.25, 0.3) is 0 Å². The van der Waals surface area contributed by atoms with Gasteiger partial charge in [-0.3, -0.25) is 4.98 Å². The van der Waals surface area contributed by atoms with Gasteiger partial charge in [0.25, 0.3) is 0 Å². The Hall–Kier alpha value is -1.79. The van der Waals surface area contributed by atoms with Crippen LogP contribution in [0.1, 0.15) is 18.1 Å². The van der Waals surface area contributed by atoms with Gasteiger partial charge in [-0.2, -0.15) is 0 Å². The third-order valence-electron chi connectivity index (χ3n) is 3.83. The number of rotatable bonds is 4. The highest BCUT2D eigenvalue weighted by atomic mass is 35.5. The van der Waals surface area contributed by atoms with Crippen LogP contribution in [-0.4, -0.2) is 18.1 Å². The van der Waals surface area contributed by atoms with Crippen LogP contribution in [0.3, 0.4) is 0 Å². The fourth-order valence-electron chi connectivity index (χ4n) is 2.70. The zero-order chi connectivity index (χ0) is 16.4. The molecule has 0 amide bonds. The van der Waals surface area contributed by atoms with Crippen LogP contribution in [0.2, 0.25) is 5.02 Å². The van der Waals surface area contributed by atoms with Crippen LogP contribution in [0, 0.1) is 23.4 Å². The van der Waals surface area contributed by atoms with Gasteiger partial charge in [-0.05, 0) is 31.2 Å². The summed E-state index contributed by atoms with van der Waals surface area (Å²) in [5.74, 6) is -2.46. The molecule has 1 aliphatic rings. The van der Waals surface area contributed by atoms with Gasteiger partial charge in [-0.25, -0.2) is 13.2 Å². The Morgan fingerprint density at radius 3 is 2.70 bits per heavy atom. The quantitative estimate of drug-likeness (QED) is 0.856. The molecule has 1 aliphatic heterocycles. The lowest BCUT2D eigenvalue weighted by atomic mass is 9.96. The Labute approximate surface area is 136 Å². The molecule has 2 unspecified atom stereocenters. The van der Waals surface area contributed by atoms with Crippen molar-refractivity contribution in [3.05, 3.63) is 58.6 Å². The van der Waals surface area contributed by atoms with E-state index in [1.807, 2.05) is 0 Å². The molecule has 3 nitrogen and oxygen atoms in total. The summed E-state index contributed by atoms with van der Waals surface area (Å²) in [4.78, 5) is 3.80. The maximum absolute atomic E-state index is 14.0. The molecule has 0 radical (unpaired) electrons. The van der Waals surface area contributed by atoms with Crippen molar-refractivity contribution in [2.24, 2.45) is 5.92 Å². The van der Waals surface area contributed by atoms with Crippen molar-refractivity contribution >= 4 is 11.6 Å². The van der Waals surface area contributed by atoms with E-state index in [0.29, 0.717) is 12.1 Å². The van der Waals surface area contributed by atoms with Crippen molar-refractivity contribution in [1.29, 1.82) is 0 Å². The minimum Gasteiger partial charge on any atom is -0.481 e. The highest BCUT2D eigenvalue weighted by Crippen LogP contribution is 2.37. The number of halogens is 4. The predicted octanol–water partition coefficient (Wildman–Crippen LogP) is 3.88. The van der Waals surface area contributed by atoms with E-state index in [9.17, 15) is 13.2 Å². The highest BCUT2D eigenvalue weighted by molar-refractivity contribution is 6.32. The molecule has 2 aromatic rings. The lowest BCUT2D eigenvalue weighted by molar-refractivity contribution is 0.137. The molecule has 23 heavy (non-hydrogen) atoms. The van der Waals surface area contributed by atoms with Crippen LogP contribution in [-0.2, 0) is 0 Å². The highest BCUT2D eigenvalue weighted by Gasteiger charge is 2.30. The first-order valence-corrected chi connectivity index (χ1v) is 7.55. The molecule has 0 aliphatic carbocycles. The number of nitrogens with zero attached hydrogens (tertiary/aromatic N) is 1. The molecule has 2 heterocycles. The Kier molecular flexibility index (Phi) is 4.73. The van der Waals surface area contributed by atoms with E-state index < -0.39 is 28.6 Å². The van der Waals surface area contributed by atoms with Gasteiger partial charge in [-0.15, -0.1) is 0 Å². The van der Waals surface area contributed by atoms with Crippen molar-refractivity contribution in [2.45, 2.75) is 12.5 Å². The number of aromatic nitrogens is 1. The van der Waals surface area contributed by atoms with Crippen LogP contribution in [0.4, 0.5) is 13.2 Å². The summed E-state index contributed by atoms with van der Waals surface area (Å²) in [6.07, 6.45) is 2.61. The molecule has 1 fully saturated rings. The summed E-state index contributed by atoms with van der Waals surface area (Å²) in [5.41, 5.74) is 0.457. The largest absolute Gasteiger partial charge is 0.481 e. The first kappa shape index (κ1) is 16.1. The van der Waals surface area contributed by atoms with Gasteiger partial charge in [0.2, 0.25) is 0 Å². The molecular formula is C16H14ClF3N2O. The monoisotopic (exact) mass is 342 g/mol. The number of nitrogens with one attached hydrogen (secondary N) is 1. The second-order valence-electron chi connectivity index (χ2n) is 5.40. The average molecular weight is 343 g/mol. The van der Waals surface area contributed by atoms with E-state index >= 15 is 0 Å². The number of pyridine rings is 1. The summed E-state index contributed by atoms with van der Waals surface area (Å²) < 4.78 is 46.8. The summed E-state index contributed by atoms with van der Waals surface area (Å²) in [7, 11) is 0. The van der Waals surface area contributed by atoms with Crippen molar-refractivity contribution in [1.82, 2.24) is 10.3 Å². The van der Waals surface area contributed by atoms with E-state index in [4.69, 9.17) is 16.3 Å². The summed E-state index contributed by atoms with van der Waals surface area (Å²) >= 11 is 5.82. The fraction of sp³-hybridized carbons (Fsp3) is 0.312. The minimum absolute atomic E-state index is 0.0302. The lowest BCUT2D eigenvalue weighted by Crippen LogP contribution is -2.22. The Morgan fingerprint density at radius 2 is 2.00 bits per heavy atom. The number of ether oxygens (including phenoxy) is 1. The van der Waals surface area contributed by atoms with Gasteiger partial charge in [0, 0.05) is 24.2 Å². The first-order chi connectivity index (χ1) is 11.1. The van der Waals surface area contributed by atoms with Crippen LogP contribution < -0.4 is 10.1 Å². The Bertz CT molecular complexity index is 708. The molecular weight excluding hydrogens is 329 g/mol. The maximum Gasteiger partial charge on any atom is 0.177 e. The van der Waals surface area contributed by atoms with Gasteiger partial charge in [-0.1, -0.05) is 11.6 Å². The Morgan fingerprint density at radius 1 is 1.22 bits per heavy atom. The van der Waals surface area contributed by atoms with Gasteiger partial charge >= 0.3 is 0 Å². The standard InChI is InChI=1S/C16H14ClF3N2O/c17-14-12(19)1-2-13(20)16(14)23-15(9-3-4-21-6-9)10-5-11(18)8-22-7-10/h1-2,5,7-9,15,21H,3-4,6H2. The Balaban J connectivity index is 1.98. The molecule has 7 heteroatoms. The number of benzene rings is 1. The van der Waals surface area contributed by atoms with E-state index in [-0.39, 0.29) is 11.7 Å². The fourth-order valence-corrected chi connectivity index (χ4v) is 2.90. The molecule has 1 aromatic heterocycles. The third-order valence-corrected chi connectivity index (χ3v) is 4.18. The maximum atomic E-state index is 14.0. The van der Waals surface area contributed by atoms with Crippen LogP contribution >= 0.6 is 11.6 Å². The van der Waals surface area contributed by atoms with Crippen LogP contribution in [0.15, 0.2) is 30.6 Å². The smallest absolute Gasteiger partial charge is 0.177 e. The van der Waals surface area contributed by atoms with Crippen molar-refractivity contribution in [3.63, 3.8) is 0 Å². The van der Waals surface area contributed by atoms with Gasteiger partial charge in [0.05, 0.1) is 6.20 Å². The topological polar surface area (TPSA) is 34.1 Å². The summed E-state index contributed by atoms with van der Waals surface area (Å²) in [6.45, 7) is 1.39. The second-order valence-corrected chi connectivity index (χ2v) is 5.78. The molecule has 0 saturated carbocycles. The number of hydrogen-bond acceptors (Lipinski definition) is 3. The van der Waals surface area contributed by atoms with Crippen molar-refractivity contribution < 1.29 is 17.9 Å². The van der Waals surface area contributed by atoms with E-state index in [1.54, 1.807) is 0 Å². The van der Waals surface area contributed by atoms with Crippen molar-refractivity contribution in [2.75, 3.05) is 13.1 Å². The van der Waals surface area contributed by atoms with Gasteiger partial charge in [0.1, 0.15) is 22.8 Å². The van der Waals surface area contributed by atoms with Crippen LogP contribution in [0.5, 0.6) is 5.75 Å². The number of hydrogen-bond donors (Lipinski definition) is 1. The zero-order valence-corrected chi connectivity index (χ0v) is 12.8. The normalized spacial score (nSPS) is 18.9. The van der Waals surface area contributed by atoms with Crippen molar-refractivity contribution in [3.8, 4) is 5.75 Å². The molecule has 0 spiro atoms. The minimum atomic E-state index is -0.774. The molecule has 122 valence electrons. The van der Waals surface area contributed by atoms with Gasteiger partial charge in [0.15, 0.2) is 11.6 Å². The van der Waals surface area contributed by atoms with Gasteiger partial charge < -0.3 is 10.1 Å². The molecule has 1 saturated heterocycles. The first-order valence-electron chi connectivity index (χ1n) is 7.17. The molecule has 1 N–H and O–H groups in total. The predicted molar refractivity (Wildman–Crippen MR) is 79.9 cm³/mol. The summed E-state index contributed by atoms with van der Waals surface area (Å²) in [5, 5.41) is 2.74. The summed E-state index contributed by atoms with van der Waals surface area (Å²) in [6, 6.07) is 3.16. The molecule has 3 rings (SSSR count). The lowest BCUT2D eigenvalue weighted by Gasteiger charge is -2.25. The van der Waals surface area contributed by atoms with E-state index in [1.165, 1.54) is 12.3 Å². The molecule has 0 bridgehead atoms. The molecule has 1 aromatic carbocycles. The third kappa shape index (κ3) is 3.43. The SMILES string of the molecule is Fc1cncc(C(Oc2c(F)ccc(F)c2Cl)C2CCNC2)c1. The zero-order valence-electron chi connectivity index (χ0n) is 12.0.